The van der Waals surface area contributed by atoms with Gasteiger partial charge in [-0.3, -0.25) is 0 Å². The monoisotopic (exact) mass is 282 g/mol. The van der Waals surface area contributed by atoms with Crippen LogP contribution in [0.1, 0.15) is 16.7 Å². The van der Waals surface area contributed by atoms with Crippen LogP contribution in [0.15, 0.2) is 42.5 Å². The number of benzene rings is 2. The summed E-state index contributed by atoms with van der Waals surface area (Å²) in [7, 11) is 0. The molecule has 1 aliphatic heterocycles. The van der Waals surface area contributed by atoms with Crippen LogP contribution < -0.4 is 15.4 Å². The van der Waals surface area contributed by atoms with Gasteiger partial charge in [-0.2, -0.15) is 0 Å². The molecule has 110 valence electrons. The summed E-state index contributed by atoms with van der Waals surface area (Å²) >= 11 is 0. The standard InChI is InChI=1S/C18H22N2O/c1-14-6-7-17(15(12-14)8-9-19)20-10-11-21-18-5-3-2-4-16(18)13-20/h2-7,12H,8-11,13,19H2,1H3. The van der Waals surface area contributed by atoms with Gasteiger partial charge in [-0.15, -0.1) is 0 Å². The van der Waals surface area contributed by atoms with Crippen molar-refractivity contribution in [3.8, 4) is 5.75 Å². The van der Waals surface area contributed by atoms with Crippen LogP contribution in [0.4, 0.5) is 5.69 Å². The summed E-state index contributed by atoms with van der Waals surface area (Å²) in [6.45, 7) is 5.31. The molecule has 0 atom stereocenters. The van der Waals surface area contributed by atoms with Gasteiger partial charge in [0.05, 0.1) is 6.54 Å². The number of nitrogens with zero attached hydrogens (tertiary/aromatic N) is 1. The third-order valence-electron chi connectivity index (χ3n) is 3.94. The van der Waals surface area contributed by atoms with Gasteiger partial charge in [0.1, 0.15) is 12.4 Å². The van der Waals surface area contributed by atoms with E-state index in [4.69, 9.17) is 10.5 Å². The van der Waals surface area contributed by atoms with Gasteiger partial charge < -0.3 is 15.4 Å². The fraction of sp³-hybridized carbons (Fsp3) is 0.333. The molecule has 3 rings (SSSR count). The Labute approximate surface area is 126 Å². The molecule has 2 aromatic rings. The van der Waals surface area contributed by atoms with Gasteiger partial charge in [-0.25, -0.2) is 0 Å². The molecule has 0 fully saturated rings. The Morgan fingerprint density at radius 2 is 2.05 bits per heavy atom. The summed E-state index contributed by atoms with van der Waals surface area (Å²) in [5, 5.41) is 0. The average molecular weight is 282 g/mol. The first-order valence-corrected chi connectivity index (χ1v) is 7.53. The number of ether oxygens (including phenoxy) is 1. The van der Waals surface area contributed by atoms with E-state index in [9.17, 15) is 0 Å². The van der Waals surface area contributed by atoms with Crippen LogP contribution in [0.3, 0.4) is 0 Å². The minimum Gasteiger partial charge on any atom is -0.491 e. The van der Waals surface area contributed by atoms with E-state index < -0.39 is 0 Å². The molecule has 1 aliphatic rings. The first-order chi connectivity index (χ1) is 10.3. The first kappa shape index (κ1) is 14.0. The molecular weight excluding hydrogens is 260 g/mol. The van der Waals surface area contributed by atoms with Gasteiger partial charge in [0.2, 0.25) is 0 Å². The summed E-state index contributed by atoms with van der Waals surface area (Å²) < 4.78 is 5.86. The van der Waals surface area contributed by atoms with E-state index >= 15 is 0 Å². The molecule has 0 aliphatic carbocycles. The van der Waals surface area contributed by atoms with Crippen molar-refractivity contribution >= 4 is 5.69 Å². The molecule has 21 heavy (non-hydrogen) atoms. The van der Waals surface area contributed by atoms with E-state index in [1.807, 2.05) is 6.07 Å². The second-order valence-corrected chi connectivity index (χ2v) is 5.55. The number of hydrogen-bond acceptors (Lipinski definition) is 3. The molecule has 1 heterocycles. The van der Waals surface area contributed by atoms with Crippen LogP contribution in [0.2, 0.25) is 0 Å². The van der Waals surface area contributed by atoms with Gasteiger partial charge >= 0.3 is 0 Å². The van der Waals surface area contributed by atoms with Crippen LogP contribution in [-0.4, -0.2) is 19.7 Å². The Hall–Kier alpha value is -2.00. The molecule has 0 saturated heterocycles. The second kappa shape index (κ2) is 6.19. The summed E-state index contributed by atoms with van der Waals surface area (Å²) in [6, 6.07) is 14.9. The zero-order chi connectivity index (χ0) is 14.7. The highest BCUT2D eigenvalue weighted by molar-refractivity contribution is 5.56. The Balaban J connectivity index is 1.94. The molecule has 0 saturated carbocycles. The van der Waals surface area contributed by atoms with E-state index in [2.05, 4.69) is 48.2 Å². The van der Waals surface area contributed by atoms with E-state index in [-0.39, 0.29) is 0 Å². The molecule has 0 spiro atoms. The van der Waals surface area contributed by atoms with Crippen molar-refractivity contribution in [3.05, 3.63) is 59.2 Å². The second-order valence-electron chi connectivity index (χ2n) is 5.55. The molecule has 3 heteroatoms. The lowest BCUT2D eigenvalue weighted by Gasteiger charge is -2.25. The normalized spacial score (nSPS) is 14.3. The molecule has 0 radical (unpaired) electrons. The number of fused-ring (bicyclic) bond motifs is 1. The first-order valence-electron chi connectivity index (χ1n) is 7.53. The predicted octanol–water partition coefficient (Wildman–Crippen LogP) is 2.90. The smallest absolute Gasteiger partial charge is 0.124 e. The van der Waals surface area contributed by atoms with Gasteiger partial charge in [0.15, 0.2) is 0 Å². The van der Waals surface area contributed by atoms with Crippen LogP contribution in [-0.2, 0) is 13.0 Å². The predicted molar refractivity (Wildman–Crippen MR) is 86.9 cm³/mol. The molecule has 3 nitrogen and oxygen atoms in total. The van der Waals surface area contributed by atoms with Crippen molar-refractivity contribution in [2.75, 3.05) is 24.6 Å². The van der Waals surface area contributed by atoms with Crippen molar-refractivity contribution in [1.29, 1.82) is 0 Å². The lowest BCUT2D eigenvalue weighted by Crippen LogP contribution is -2.26. The lowest BCUT2D eigenvalue weighted by atomic mass is 10.0. The summed E-state index contributed by atoms with van der Waals surface area (Å²) in [5.41, 5.74) is 10.9. The number of rotatable bonds is 3. The van der Waals surface area contributed by atoms with E-state index in [1.54, 1.807) is 0 Å². The Morgan fingerprint density at radius 3 is 2.90 bits per heavy atom. The Kier molecular flexibility index (Phi) is 4.11. The lowest BCUT2D eigenvalue weighted by molar-refractivity contribution is 0.331. The molecule has 0 unspecified atom stereocenters. The minimum atomic E-state index is 0.678. The summed E-state index contributed by atoms with van der Waals surface area (Å²) in [4.78, 5) is 2.40. The van der Waals surface area contributed by atoms with E-state index in [1.165, 1.54) is 22.4 Å². The average Bonchev–Trinajstić information content (AvgIpc) is 2.70. The molecular formula is C18H22N2O. The van der Waals surface area contributed by atoms with Crippen LogP contribution in [0.25, 0.3) is 0 Å². The maximum absolute atomic E-state index is 5.86. The van der Waals surface area contributed by atoms with Gasteiger partial charge in [0, 0.05) is 17.8 Å². The SMILES string of the molecule is Cc1ccc(N2CCOc3ccccc3C2)c(CCN)c1. The number of aryl methyl sites for hydroxylation is 1. The van der Waals surface area contributed by atoms with E-state index in [0.717, 1.165) is 25.3 Å². The largest absolute Gasteiger partial charge is 0.491 e. The fourth-order valence-electron chi connectivity index (χ4n) is 2.91. The third-order valence-corrected chi connectivity index (χ3v) is 3.94. The van der Waals surface area contributed by atoms with Gasteiger partial charge in [0.25, 0.3) is 0 Å². The number of para-hydroxylation sites is 1. The third kappa shape index (κ3) is 3.03. The number of nitrogens with two attached hydrogens (primary N) is 1. The maximum atomic E-state index is 5.86. The van der Waals surface area contributed by atoms with E-state index in [0.29, 0.717) is 13.2 Å². The van der Waals surface area contributed by atoms with Crippen LogP contribution in [0, 0.1) is 6.92 Å². The Morgan fingerprint density at radius 1 is 1.19 bits per heavy atom. The number of anilines is 1. The zero-order valence-corrected chi connectivity index (χ0v) is 12.5. The topological polar surface area (TPSA) is 38.5 Å². The van der Waals surface area contributed by atoms with Crippen molar-refractivity contribution in [3.63, 3.8) is 0 Å². The fourth-order valence-corrected chi connectivity index (χ4v) is 2.91. The Bertz CT molecular complexity index is 624. The highest BCUT2D eigenvalue weighted by atomic mass is 16.5. The van der Waals surface area contributed by atoms with Gasteiger partial charge in [-0.05, 0) is 37.6 Å². The molecule has 0 amide bonds. The minimum absolute atomic E-state index is 0.678. The van der Waals surface area contributed by atoms with Gasteiger partial charge in [-0.1, -0.05) is 35.9 Å². The molecule has 2 N–H and O–H groups in total. The summed E-state index contributed by atoms with van der Waals surface area (Å²) in [5.74, 6) is 1.01. The van der Waals surface area contributed by atoms with Crippen molar-refractivity contribution < 1.29 is 4.74 Å². The van der Waals surface area contributed by atoms with Crippen molar-refractivity contribution in [1.82, 2.24) is 0 Å². The molecule has 0 bridgehead atoms. The number of hydrogen-bond donors (Lipinski definition) is 1. The van der Waals surface area contributed by atoms with Crippen LogP contribution >= 0.6 is 0 Å². The van der Waals surface area contributed by atoms with Crippen molar-refractivity contribution in [2.24, 2.45) is 5.73 Å². The maximum Gasteiger partial charge on any atom is 0.124 e. The quantitative estimate of drug-likeness (QED) is 0.940. The van der Waals surface area contributed by atoms with Crippen LogP contribution in [0.5, 0.6) is 5.75 Å². The molecule has 0 aromatic heterocycles. The highest BCUT2D eigenvalue weighted by Crippen LogP contribution is 2.29. The van der Waals surface area contributed by atoms with Crippen molar-refractivity contribution in [2.45, 2.75) is 19.9 Å². The molecule has 2 aromatic carbocycles. The summed E-state index contributed by atoms with van der Waals surface area (Å²) in [6.07, 6.45) is 0.913. The highest BCUT2D eigenvalue weighted by Gasteiger charge is 2.17. The zero-order valence-electron chi connectivity index (χ0n) is 12.5.